The number of aryl methyl sites for hydroxylation is 2. The van der Waals surface area contributed by atoms with E-state index in [0.29, 0.717) is 24.1 Å². The molecule has 1 aliphatic rings. The monoisotopic (exact) mass is 419 g/mol. The van der Waals surface area contributed by atoms with Crippen LogP contribution in [0.4, 0.5) is 0 Å². The number of unbranched alkanes of at least 4 members (excludes halogenated alkanes) is 1. The quantitative estimate of drug-likeness (QED) is 0.345. The summed E-state index contributed by atoms with van der Waals surface area (Å²) in [7, 11) is 0. The van der Waals surface area contributed by atoms with Crippen LogP contribution in [0.25, 0.3) is 0 Å². The summed E-state index contributed by atoms with van der Waals surface area (Å²) in [6.07, 6.45) is 1.84. The Labute approximate surface area is 170 Å². The van der Waals surface area contributed by atoms with Crippen LogP contribution in [0.1, 0.15) is 53.5 Å². The Morgan fingerprint density at radius 2 is 1.77 bits per heavy atom. The van der Waals surface area contributed by atoms with Gasteiger partial charge in [0.25, 0.3) is 5.56 Å². The molecule has 3 rings (SSSR count). The minimum atomic E-state index is -0.924. The second-order valence-electron chi connectivity index (χ2n) is 7.62. The topological polar surface area (TPSA) is 161 Å². The number of likely N-dealkylation sites (tertiary alicyclic amines) is 1. The number of nitrogens with one attached hydrogen (secondary N) is 3. The fraction of sp³-hybridized carbons (Fsp3) is 0.526. The number of aliphatic hydroxyl groups is 1. The second-order valence-corrected chi connectivity index (χ2v) is 7.62. The maximum absolute atomic E-state index is 12.5. The lowest BCUT2D eigenvalue weighted by Crippen LogP contribution is -2.37. The van der Waals surface area contributed by atoms with Crippen molar-refractivity contribution in [2.75, 3.05) is 13.1 Å². The number of hydrogen-bond acceptors (Lipinski definition) is 6. The minimum absolute atomic E-state index is 0.0941. The average Bonchev–Trinajstić information content (AvgIpc) is 3.23. The zero-order valence-corrected chi connectivity index (χ0v) is 16.9. The zero-order chi connectivity index (χ0) is 22.0. The number of nitrogens with zero attached hydrogens (tertiary/aromatic N) is 2. The second kappa shape index (κ2) is 8.66. The van der Waals surface area contributed by atoms with Gasteiger partial charge in [0, 0.05) is 43.4 Å². The highest BCUT2D eigenvalue weighted by Gasteiger charge is 2.35. The molecule has 4 N–H and O–H groups in total. The predicted octanol–water partition coefficient (Wildman–Crippen LogP) is -0.643. The van der Waals surface area contributed by atoms with Crippen molar-refractivity contribution in [2.24, 2.45) is 0 Å². The maximum atomic E-state index is 12.5. The molecule has 0 spiro atoms. The van der Waals surface area contributed by atoms with Crippen LogP contribution in [0, 0.1) is 13.8 Å². The maximum Gasteiger partial charge on any atom is 0.328 e. The first kappa shape index (κ1) is 21.5. The number of amides is 1. The Morgan fingerprint density at radius 1 is 1.07 bits per heavy atom. The van der Waals surface area contributed by atoms with Gasteiger partial charge >= 0.3 is 11.4 Å². The number of carbonyl (C=O) groups excluding carboxylic acids is 2. The highest BCUT2D eigenvalue weighted by Crippen LogP contribution is 2.22. The van der Waals surface area contributed by atoms with Crippen molar-refractivity contribution in [3.63, 3.8) is 0 Å². The zero-order valence-electron chi connectivity index (χ0n) is 16.9. The predicted molar refractivity (Wildman–Crippen MR) is 107 cm³/mol. The van der Waals surface area contributed by atoms with Crippen molar-refractivity contribution in [1.29, 1.82) is 0 Å². The molecule has 0 bridgehead atoms. The molecule has 2 aromatic heterocycles. The van der Waals surface area contributed by atoms with E-state index in [-0.39, 0.29) is 43.3 Å². The van der Waals surface area contributed by atoms with Crippen LogP contribution >= 0.6 is 0 Å². The van der Waals surface area contributed by atoms with E-state index < -0.39 is 29.1 Å². The number of rotatable bonds is 7. The van der Waals surface area contributed by atoms with Crippen molar-refractivity contribution in [2.45, 2.75) is 51.7 Å². The summed E-state index contributed by atoms with van der Waals surface area (Å²) in [6.45, 7) is 3.45. The number of H-pyrrole nitrogens is 3. The summed E-state index contributed by atoms with van der Waals surface area (Å²) in [5.74, 6) is -0.368. The van der Waals surface area contributed by atoms with E-state index in [1.807, 2.05) is 0 Å². The molecule has 3 heterocycles. The fourth-order valence-electron chi connectivity index (χ4n) is 3.67. The SMILES string of the molecule is Cc1[nH]c(=O)[nH]c1C(=O)CCCCC(=O)N1C[C@@H](O)[C@H](n2cc(C)c(=O)[nH]c2=O)C1. The molecule has 2 aromatic rings. The van der Waals surface area contributed by atoms with Crippen LogP contribution in [0.3, 0.4) is 0 Å². The molecule has 0 saturated carbocycles. The third-order valence-electron chi connectivity index (χ3n) is 5.35. The van der Waals surface area contributed by atoms with Crippen LogP contribution in [0.15, 0.2) is 20.6 Å². The number of hydrogen-bond donors (Lipinski definition) is 4. The third-order valence-corrected chi connectivity index (χ3v) is 5.35. The van der Waals surface area contributed by atoms with Gasteiger partial charge in [-0.2, -0.15) is 0 Å². The number of aromatic amines is 3. The van der Waals surface area contributed by atoms with Gasteiger partial charge in [0.05, 0.1) is 12.1 Å². The smallest absolute Gasteiger partial charge is 0.328 e. The molecule has 0 aliphatic carbocycles. The van der Waals surface area contributed by atoms with Gasteiger partial charge in [-0.15, -0.1) is 0 Å². The van der Waals surface area contributed by atoms with Gasteiger partial charge in [0.15, 0.2) is 5.78 Å². The molecule has 162 valence electrons. The highest BCUT2D eigenvalue weighted by atomic mass is 16.3. The lowest BCUT2D eigenvalue weighted by molar-refractivity contribution is -0.130. The van der Waals surface area contributed by atoms with Gasteiger partial charge in [-0.3, -0.25) is 23.9 Å². The van der Waals surface area contributed by atoms with Crippen molar-refractivity contribution in [1.82, 2.24) is 24.4 Å². The van der Waals surface area contributed by atoms with Crippen molar-refractivity contribution < 1.29 is 14.7 Å². The molecule has 0 unspecified atom stereocenters. The number of ketones is 1. The van der Waals surface area contributed by atoms with Crippen LogP contribution < -0.4 is 16.9 Å². The molecular weight excluding hydrogens is 394 g/mol. The Kier molecular flexibility index (Phi) is 6.20. The van der Waals surface area contributed by atoms with Crippen LogP contribution in [0.5, 0.6) is 0 Å². The number of aliphatic hydroxyl groups excluding tert-OH is 1. The van der Waals surface area contributed by atoms with Gasteiger partial charge < -0.3 is 20.0 Å². The molecular formula is C19H25N5O6. The molecule has 1 amide bonds. The molecule has 30 heavy (non-hydrogen) atoms. The molecule has 1 saturated heterocycles. The van der Waals surface area contributed by atoms with E-state index >= 15 is 0 Å². The Morgan fingerprint density at radius 3 is 2.43 bits per heavy atom. The summed E-state index contributed by atoms with van der Waals surface area (Å²) in [5, 5.41) is 10.3. The van der Waals surface area contributed by atoms with E-state index in [1.165, 1.54) is 15.7 Å². The summed E-state index contributed by atoms with van der Waals surface area (Å²) < 4.78 is 1.26. The van der Waals surface area contributed by atoms with Gasteiger partial charge in [0.2, 0.25) is 5.91 Å². The Bertz CT molecular complexity index is 1120. The minimum Gasteiger partial charge on any atom is -0.389 e. The van der Waals surface area contributed by atoms with E-state index in [2.05, 4.69) is 15.0 Å². The molecule has 0 aromatic carbocycles. The largest absolute Gasteiger partial charge is 0.389 e. The third kappa shape index (κ3) is 4.51. The summed E-state index contributed by atoms with van der Waals surface area (Å²) in [5.41, 5.74) is -0.435. The summed E-state index contributed by atoms with van der Waals surface area (Å²) >= 11 is 0. The average molecular weight is 419 g/mol. The first-order chi connectivity index (χ1) is 14.2. The first-order valence-corrected chi connectivity index (χ1v) is 9.77. The van der Waals surface area contributed by atoms with Crippen LogP contribution in [0.2, 0.25) is 0 Å². The number of Topliss-reactive ketones (excluding diaryl/α,β-unsaturated/α-hetero) is 1. The number of aromatic nitrogens is 4. The number of carbonyl (C=O) groups is 2. The van der Waals surface area contributed by atoms with Crippen LogP contribution in [-0.4, -0.2) is 60.4 Å². The molecule has 11 heteroatoms. The molecule has 1 fully saturated rings. The summed E-state index contributed by atoms with van der Waals surface area (Å²) in [4.78, 5) is 68.1. The standard InChI is InChI=1S/C19H25N5O6/c1-10-7-24(19(30)22-17(10)28)12-8-23(9-14(12)26)15(27)6-4-3-5-13(25)16-11(2)20-18(29)21-16/h7,12,14,26H,3-6,8-9H2,1-2H3,(H2,20,21,29)(H,22,28,30)/t12-,14-/m1/s1. The molecule has 1 aliphatic heterocycles. The lowest BCUT2D eigenvalue weighted by atomic mass is 10.1. The van der Waals surface area contributed by atoms with Crippen molar-refractivity contribution in [3.8, 4) is 0 Å². The lowest BCUT2D eigenvalue weighted by Gasteiger charge is -2.17. The molecule has 11 nitrogen and oxygen atoms in total. The normalized spacial score (nSPS) is 18.7. The Balaban J connectivity index is 1.52. The van der Waals surface area contributed by atoms with E-state index in [9.17, 15) is 29.1 Å². The van der Waals surface area contributed by atoms with Crippen LogP contribution in [-0.2, 0) is 4.79 Å². The van der Waals surface area contributed by atoms with Gasteiger partial charge in [-0.05, 0) is 26.7 Å². The van der Waals surface area contributed by atoms with E-state index in [1.54, 1.807) is 13.8 Å². The Hall–Kier alpha value is -3.21. The first-order valence-electron chi connectivity index (χ1n) is 9.77. The van der Waals surface area contributed by atoms with Gasteiger partial charge in [-0.25, -0.2) is 9.59 Å². The number of β-amino-alcohol motifs (C(OH)–C–C–N with tert-alkyl or cyclic N) is 1. The summed E-state index contributed by atoms with van der Waals surface area (Å²) in [6, 6.07) is -0.632. The molecule has 2 atom stereocenters. The highest BCUT2D eigenvalue weighted by molar-refractivity contribution is 5.95. The van der Waals surface area contributed by atoms with Crippen molar-refractivity contribution in [3.05, 3.63) is 54.5 Å². The van der Waals surface area contributed by atoms with Gasteiger partial charge in [0.1, 0.15) is 5.69 Å². The van der Waals surface area contributed by atoms with E-state index in [0.717, 1.165) is 0 Å². The van der Waals surface area contributed by atoms with E-state index in [4.69, 9.17) is 0 Å². The van der Waals surface area contributed by atoms with Crippen molar-refractivity contribution >= 4 is 11.7 Å². The number of imidazole rings is 1. The molecule has 0 radical (unpaired) electrons. The fourth-order valence-corrected chi connectivity index (χ4v) is 3.67. The van der Waals surface area contributed by atoms with Gasteiger partial charge in [-0.1, -0.05) is 0 Å².